The SMILES string of the molecule is CCOc1cc(Cl)cc(/C=C(\C#N)C(=O)Nc2ccc(Cl)c(Cl)c2)c1. The fourth-order valence-electron chi connectivity index (χ4n) is 2.01. The first-order chi connectivity index (χ1) is 11.9. The van der Waals surface area contributed by atoms with E-state index in [1.807, 2.05) is 13.0 Å². The van der Waals surface area contributed by atoms with Crippen LogP contribution in [0.4, 0.5) is 5.69 Å². The smallest absolute Gasteiger partial charge is 0.266 e. The predicted octanol–water partition coefficient (Wildman–Crippen LogP) is 5.59. The second kappa shape index (κ2) is 8.77. The molecule has 25 heavy (non-hydrogen) atoms. The molecule has 4 nitrogen and oxygen atoms in total. The summed E-state index contributed by atoms with van der Waals surface area (Å²) in [5.41, 5.74) is 0.925. The molecule has 0 saturated carbocycles. The molecule has 7 heteroatoms. The minimum absolute atomic E-state index is 0.0872. The van der Waals surface area contributed by atoms with Crippen molar-refractivity contribution < 1.29 is 9.53 Å². The van der Waals surface area contributed by atoms with Crippen molar-refractivity contribution in [2.45, 2.75) is 6.92 Å². The molecule has 0 saturated heterocycles. The summed E-state index contributed by atoms with van der Waals surface area (Å²) in [5, 5.41) is 13.0. The summed E-state index contributed by atoms with van der Waals surface area (Å²) in [7, 11) is 0. The molecular weight excluding hydrogens is 383 g/mol. The topological polar surface area (TPSA) is 62.1 Å². The summed E-state index contributed by atoms with van der Waals surface area (Å²) in [6, 6.07) is 11.5. The summed E-state index contributed by atoms with van der Waals surface area (Å²) >= 11 is 17.8. The lowest BCUT2D eigenvalue weighted by atomic mass is 10.1. The second-order valence-electron chi connectivity index (χ2n) is 4.91. The van der Waals surface area contributed by atoms with Crippen LogP contribution in [0.2, 0.25) is 15.1 Å². The molecule has 0 atom stereocenters. The molecule has 128 valence electrons. The van der Waals surface area contributed by atoms with Crippen molar-refractivity contribution in [2.24, 2.45) is 0 Å². The zero-order valence-electron chi connectivity index (χ0n) is 13.1. The van der Waals surface area contributed by atoms with E-state index in [0.29, 0.717) is 38.7 Å². The van der Waals surface area contributed by atoms with Gasteiger partial charge >= 0.3 is 0 Å². The Bertz CT molecular complexity index is 873. The lowest BCUT2D eigenvalue weighted by molar-refractivity contribution is -0.112. The average molecular weight is 396 g/mol. The van der Waals surface area contributed by atoms with Crippen molar-refractivity contribution in [1.82, 2.24) is 0 Å². The molecule has 1 amide bonds. The number of nitriles is 1. The van der Waals surface area contributed by atoms with Crippen LogP contribution in [0.25, 0.3) is 6.08 Å². The van der Waals surface area contributed by atoms with Crippen molar-refractivity contribution >= 4 is 52.5 Å². The number of hydrogen-bond donors (Lipinski definition) is 1. The number of nitrogens with one attached hydrogen (secondary N) is 1. The van der Waals surface area contributed by atoms with Crippen molar-refractivity contribution in [3.8, 4) is 11.8 Å². The highest BCUT2D eigenvalue weighted by atomic mass is 35.5. The Morgan fingerprint density at radius 2 is 1.96 bits per heavy atom. The first-order valence-electron chi connectivity index (χ1n) is 7.24. The molecule has 0 aromatic heterocycles. The maximum atomic E-state index is 12.3. The normalized spacial score (nSPS) is 10.9. The lowest BCUT2D eigenvalue weighted by Crippen LogP contribution is -2.13. The van der Waals surface area contributed by atoms with E-state index < -0.39 is 5.91 Å². The minimum Gasteiger partial charge on any atom is -0.494 e. The van der Waals surface area contributed by atoms with Gasteiger partial charge in [0.1, 0.15) is 17.4 Å². The third-order valence-electron chi connectivity index (χ3n) is 3.06. The Morgan fingerprint density at radius 1 is 1.20 bits per heavy atom. The van der Waals surface area contributed by atoms with Crippen LogP contribution in [0.1, 0.15) is 12.5 Å². The lowest BCUT2D eigenvalue weighted by Gasteiger charge is -2.07. The van der Waals surface area contributed by atoms with Crippen molar-refractivity contribution in [3.05, 3.63) is 62.6 Å². The van der Waals surface area contributed by atoms with Crippen molar-refractivity contribution in [1.29, 1.82) is 5.26 Å². The van der Waals surface area contributed by atoms with Crippen LogP contribution in [0.5, 0.6) is 5.75 Å². The number of carbonyl (C=O) groups excluding carboxylic acids is 1. The highest BCUT2D eigenvalue weighted by Crippen LogP contribution is 2.26. The Kier molecular flexibility index (Phi) is 6.72. The quantitative estimate of drug-likeness (QED) is 0.530. The minimum atomic E-state index is -0.571. The van der Waals surface area contributed by atoms with Crippen LogP contribution in [0.15, 0.2) is 42.0 Å². The molecule has 2 aromatic carbocycles. The number of benzene rings is 2. The summed E-state index contributed by atoms with van der Waals surface area (Å²) in [6.07, 6.45) is 1.43. The highest BCUT2D eigenvalue weighted by Gasteiger charge is 2.11. The van der Waals surface area contributed by atoms with Gasteiger partial charge in [-0.05, 0) is 55.0 Å². The van der Waals surface area contributed by atoms with Gasteiger partial charge in [0, 0.05) is 10.7 Å². The summed E-state index contributed by atoms with van der Waals surface area (Å²) in [6.45, 7) is 2.33. The third-order valence-corrected chi connectivity index (χ3v) is 4.02. The molecular formula is C18H13Cl3N2O2. The van der Waals surface area contributed by atoms with Crippen LogP contribution in [0, 0.1) is 11.3 Å². The molecule has 0 fully saturated rings. The monoisotopic (exact) mass is 394 g/mol. The molecule has 2 rings (SSSR count). The Hall–Kier alpha value is -2.19. The Morgan fingerprint density at radius 3 is 2.60 bits per heavy atom. The van der Waals surface area contributed by atoms with Gasteiger partial charge in [-0.3, -0.25) is 4.79 Å². The van der Waals surface area contributed by atoms with E-state index in [-0.39, 0.29) is 5.57 Å². The molecule has 2 aromatic rings. The Labute approximate surface area is 160 Å². The van der Waals surface area contributed by atoms with E-state index >= 15 is 0 Å². The number of amides is 1. The number of nitrogens with zero attached hydrogens (tertiary/aromatic N) is 1. The van der Waals surface area contributed by atoms with E-state index in [9.17, 15) is 10.1 Å². The number of hydrogen-bond acceptors (Lipinski definition) is 3. The fourth-order valence-corrected chi connectivity index (χ4v) is 2.54. The molecule has 0 bridgehead atoms. The van der Waals surface area contributed by atoms with Crippen molar-refractivity contribution in [3.63, 3.8) is 0 Å². The molecule has 0 unspecified atom stereocenters. The molecule has 0 aliphatic rings. The molecule has 0 heterocycles. The Balaban J connectivity index is 2.26. The third kappa shape index (κ3) is 5.40. The summed E-state index contributed by atoms with van der Waals surface area (Å²) in [5.74, 6) is -0.0118. The average Bonchev–Trinajstić information content (AvgIpc) is 2.55. The summed E-state index contributed by atoms with van der Waals surface area (Å²) < 4.78 is 5.40. The van der Waals surface area contributed by atoms with E-state index in [0.717, 1.165) is 0 Å². The number of ether oxygens (including phenoxy) is 1. The van der Waals surface area contributed by atoms with Gasteiger partial charge in [0.05, 0.1) is 16.7 Å². The zero-order chi connectivity index (χ0) is 18.4. The largest absolute Gasteiger partial charge is 0.494 e. The fraction of sp³-hybridized carbons (Fsp3) is 0.111. The van der Waals surface area contributed by atoms with Crippen molar-refractivity contribution in [2.75, 3.05) is 11.9 Å². The molecule has 0 aliphatic heterocycles. The highest BCUT2D eigenvalue weighted by molar-refractivity contribution is 6.42. The van der Waals surface area contributed by atoms with Gasteiger partial charge < -0.3 is 10.1 Å². The van der Waals surface area contributed by atoms with Crippen LogP contribution < -0.4 is 10.1 Å². The number of rotatable bonds is 5. The maximum absolute atomic E-state index is 12.3. The summed E-state index contributed by atoms with van der Waals surface area (Å²) in [4.78, 5) is 12.3. The zero-order valence-corrected chi connectivity index (χ0v) is 15.4. The van der Waals surface area contributed by atoms with E-state index in [4.69, 9.17) is 39.5 Å². The molecule has 0 spiro atoms. The van der Waals surface area contributed by atoms with Crippen LogP contribution in [-0.4, -0.2) is 12.5 Å². The molecule has 0 radical (unpaired) electrons. The van der Waals surface area contributed by atoms with Gasteiger partial charge in [0.2, 0.25) is 0 Å². The molecule has 1 N–H and O–H groups in total. The number of carbonyl (C=O) groups is 1. The first-order valence-corrected chi connectivity index (χ1v) is 8.38. The first kappa shape index (κ1) is 19.1. The number of halogens is 3. The standard InChI is InChI=1S/C18H13Cl3N2O2/c1-2-25-15-7-11(6-13(19)8-15)5-12(10-22)18(24)23-14-3-4-16(20)17(21)9-14/h3-9H,2H2,1H3,(H,23,24)/b12-5+. The maximum Gasteiger partial charge on any atom is 0.266 e. The van der Waals surface area contributed by atoms with Gasteiger partial charge in [0.25, 0.3) is 5.91 Å². The molecule has 0 aliphatic carbocycles. The van der Waals surface area contributed by atoms with Gasteiger partial charge in [-0.1, -0.05) is 34.8 Å². The van der Waals surface area contributed by atoms with Crippen LogP contribution in [0.3, 0.4) is 0 Å². The van der Waals surface area contributed by atoms with Gasteiger partial charge in [0.15, 0.2) is 0 Å². The van der Waals surface area contributed by atoms with Gasteiger partial charge in [-0.15, -0.1) is 0 Å². The van der Waals surface area contributed by atoms with Gasteiger partial charge in [-0.2, -0.15) is 5.26 Å². The van der Waals surface area contributed by atoms with E-state index in [1.54, 1.807) is 30.3 Å². The van der Waals surface area contributed by atoms with Crippen LogP contribution >= 0.6 is 34.8 Å². The van der Waals surface area contributed by atoms with Gasteiger partial charge in [-0.25, -0.2) is 0 Å². The van der Waals surface area contributed by atoms with E-state index in [2.05, 4.69) is 5.32 Å². The predicted molar refractivity (Wildman–Crippen MR) is 101 cm³/mol. The number of anilines is 1. The second-order valence-corrected chi connectivity index (χ2v) is 6.16. The van der Waals surface area contributed by atoms with Crippen LogP contribution in [-0.2, 0) is 4.79 Å². The van der Waals surface area contributed by atoms with E-state index in [1.165, 1.54) is 12.1 Å².